The van der Waals surface area contributed by atoms with Gasteiger partial charge in [0.1, 0.15) is 27.7 Å². The van der Waals surface area contributed by atoms with Gasteiger partial charge in [0.2, 0.25) is 0 Å². The molecule has 0 saturated carbocycles. The maximum Gasteiger partial charge on any atom is 0.159 e. The van der Waals surface area contributed by atoms with Gasteiger partial charge < -0.3 is 18.2 Å². The van der Waals surface area contributed by atoms with Crippen molar-refractivity contribution in [1.29, 1.82) is 0 Å². The zero-order chi connectivity index (χ0) is 39.7. The first-order valence-electron chi connectivity index (χ1n) is 21.1. The summed E-state index contributed by atoms with van der Waals surface area (Å²) in [5, 5.41) is 6.72. The molecule has 4 heteroatoms. The molecule has 2 aliphatic carbocycles. The van der Waals surface area contributed by atoms with E-state index in [1.807, 2.05) is 12.1 Å². The van der Waals surface area contributed by atoms with Crippen molar-refractivity contribution in [2.45, 2.75) is 26.2 Å². The predicted molar refractivity (Wildman–Crippen MR) is 248 cm³/mol. The summed E-state index contributed by atoms with van der Waals surface area (Å²) in [5.74, 6) is 0.638. The van der Waals surface area contributed by atoms with E-state index in [0.717, 1.165) is 113 Å². The molecule has 2 unspecified atom stereocenters. The van der Waals surface area contributed by atoms with Crippen LogP contribution in [0.5, 0.6) is 0 Å². The van der Waals surface area contributed by atoms with Crippen LogP contribution in [0, 0.1) is 11.8 Å². The van der Waals surface area contributed by atoms with E-state index in [1.165, 1.54) is 16.4 Å². The molecule has 12 rings (SSSR count). The van der Waals surface area contributed by atoms with E-state index in [0.29, 0.717) is 5.92 Å². The van der Waals surface area contributed by atoms with Crippen LogP contribution in [-0.2, 0) is 0 Å². The Morgan fingerprint density at radius 2 is 1.22 bits per heavy atom. The van der Waals surface area contributed by atoms with Gasteiger partial charge in [0.15, 0.2) is 5.58 Å². The summed E-state index contributed by atoms with van der Waals surface area (Å²) in [6, 6.07) is 55.4. The number of furan rings is 3. The Kier molecular flexibility index (Phi) is 8.06. The monoisotopic (exact) mass is 775 g/mol. The number of para-hydroxylation sites is 4. The van der Waals surface area contributed by atoms with Gasteiger partial charge >= 0.3 is 0 Å². The third-order valence-electron chi connectivity index (χ3n) is 12.6. The molecular formula is C56H41NO3. The molecule has 60 heavy (non-hydrogen) atoms. The predicted octanol–water partition coefficient (Wildman–Crippen LogP) is 14.2. The van der Waals surface area contributed by atoms with Crippen LogP contribution >= 0.6 is 0 Å². The molecule has 0 bridgehead atoms. The van der Waals surface area contributed by atoms with Crippen molar-refractivity contribution in [3.8, 4) is 22.3 Å². The highest BCUT2D eigenvalue weighted by Gasteiger charge is 2.28. The zero-order valence-electron chi connectivity index (χ0n) is 33.3. The van der Waals surface area contributed by atoms with Crippen LogP contribution in [0.1, 0.15) is 26.2 Å². The average molecular weight is 776 g/mol. The van der Waals surface area contributed by atoms with Crippen LogP contribution in [0.4, 0.5) is 11.4 Å². The van der Waals surface area contributed by atoms with Gasteiger partial charge in [0.05, 0.1) is 11.4 Å². The lowest BCUT2D eigenvalue weighted by molar-refractivity contribution is 0.548. The molecule has 0 radical (unpaired) electrons. The summed E-state index contributed by atoms with van der Waals surface area (Å²) >= 11 is 0. The normalized spacial score (nSPS) is 16.7. The van der Waals surface area contributed by atoms with Crippen molar-refractivity contribution in [2.24, 2.45) is 11.8 Å². The second-order valence-corrected chi connectivity index (χ2v) is 16.4. The highest BCUT2D eigenvalue weighted by Crippen LogP contribution is 2.46. The topological polar surface area (TPSA) is 42.7 Å². The van der Waals surface area contributed by atoms with E-state index in [-0.39, 0.29) is 5.92 Å². The summed E-state index contributed by atoms with van der Waals surface area (Å²) in [6.45, 7) is 2.36. The molecule has 0 N–H and O–H groups in total. The maximum absolute atomic E-state index is 7.26. The lowest BCUT2D eigenvalue weighted by Gasteiger charge is -2.31. The van der Waals surface area contributed by atoms with Gasteiger partial charge in [-0.2, -0.15) is 0 Å². The van der Waals surface area contributed by atoms with E-state index in [2.05, 4.69) is 182 Å². The second-order valence-electron chi connectivity index (χ2n) is 16.4. The first kappa shape index (κ1) is 34.7. The molecule has 4 nitrogen and oxygen atoms in total. The Labute approximate surface area is 347 Å². The first-order valence-corrected chi connectivity index (χ1v) is 21.1. The molecule has 0 fully saturated rings. The molecule has 0 amide bonds. The van der Waals surface area contributed by atoms with Crippen LogP contribution in [-0.4, -0.2) is 0 Å². The van der Waals surface area contributed by atoms with Gasteiger partial charge in [-0.05, 0) is 78.3 Å². The minimum Gasteiger partial charge on any atom is -0.456 e. The number of nitrogens with zero attached hydrogens (tertiary/aromatic N) is 1. The molecule has 3 heterocycles. The molecule has 288 valence electrons. The van der Waals surface area contributed by atoms with Crippen molar-refractivity contribution in [1.82, 2.24) is 0 Å². The molecule has 2 aliphatic rings. The summed E-state index contributed by atoms with van der Waals surface area (Å²) in [4.78, 5) is 2.39. The van der Waals surface area contributed by atoms with E-state index in [9.17, 15) is 0 Å². The van der Waals surface area contributed by atoms with Gasteiger partial charge in [0.25, 0.3) is 0 Å². The molecule has 3 aromatic heterocycles. The minimum atomic E-state index is 0.166. The lowest BCUT2D eigenvalue weighted by Crippen LogP contribution is -2.26. The third kappa shape index (κ3) is 5.51. The van der Waals surface area contributed by atoms with E-state index in [1.54, 1.807) is 0 Å². The van der Waals surface area contributed by atoms with Gasteiger partial charge in [-0.3, -0.25) is 0 Å². The minimum absolute atomic E-state index is 0.166. The van der Waals surface area contributed by atoms with E-state index < -0.39 is 0 Å². The zero-order valence-corrected chi connectivity index (χ0v) is 33.3. The van der Waals surface area contributed by atoms with Crippen molar-refractivity contribution in [3.63, 3.8) is 0 Å². The Morgan fingerprint density at radius 1 is 0.533 bits per heavy atom. The number of hydrogen-bond donors (Lipinski definition) is 0. The van der Waals surface area contributed by atoms with Crippen LogP contribution < -0.4 is 15.5 Å². The fraction of sp³-hybridized carbons (Fsp3) is 0.107. The third-order valence-corrected chi connectivity index (χ3v) is 12.6. The second kappa shape index (κ2) is 13.9. The van der Waals surface area contributed by atoms with Crippen molar-refractivity contribution >= 4 is 77.9 Å². The molecule has 0 spiro atoms. The van der Waals surface area contributed by atoms with E-state index in [4.69, 9.17) is 13.3 Å². The number of fused-ring (bicyclic) bond motifs is 9. The Hall–Kier alpha value is -7.30. The quantitative estimate of drug-likeness (QED) is 0.169. The summed E-state index contributed by atoms with van der Waals surface area (Å²) in [6.07, 6.45) is 12.3. The highest BCUT2D eigenvalue weighted by molar-refractivity contribution is 6.19. The standard InChI is InChI=1S/C56H41NO3/c1-35-27-32-43-46-34-51-53(44-21-10-13-26-50(44)58-51)52(38-17-6-3-7-18-38)56(46)60-54(43)45(33-35)37-28-30-39(31-29-37)57(47-23-11-8-19-40(47)36-15-4-2-5-16-36)48-24-14-22-42-41-20-9-12-25-49(41)59-55(42)48/h2-26,28,30-32,34-35,37H,27,29,33H2,1H3. The lowest BCUT2D eigenvalue weighted by atomic mass is 9.85. The first-order chi connectivity index (χ1) is 29.7. The highest BCUT2D eigenvalue weighted by atomic mass is 16.3. The number of anilines is 2. The molecule has 10 aromatic rings. The summed E-state index contributed by atoms with van der Waals surface area (Å²) in [7, 11) is 0. The van der Waals surface area contributed by atoms with Gasteiger partial charge in [0, 0.05) is 54.9 Å². The SMILES string of the molecule is CC1CC=c2c(oc3c(-c4ccccc4)c4c(cc23)oc2ccccc24)=C(C2C=CC(N(c3ccccc3-c3ccccc3)c3cccc4c3oc3ccccc34)=CC2)C1. The molecule has 0 aliphatic heterocycles. The fourth-order valence-electron chi connectivity index (χ4n) is 9.85. The molecule has 7 aromatic carbocycles. The molecule has 0 saturated heterocycles. The van der Waals surface area contributed by atoms with Crippen LogP contribution in [0.25, 0.3) is 88.7 Å². The Balaban J connectivity index is 1.04. The fourth-order valence-corrected chi connectivity index (χ4v) is 9.85. The molecular weight excluding hydrogens is 735 g/mol. The number of allylic oxidation sites excluding steroid dienone is 3. The maximum atomic E-state index is 7.26. The van der Waals surface area contributed by atoms with Crippen molar-refractivity contribution < 1.29 is 13.3 Å². The summed E-state index contributed by atoms with van der Waals surface area (Å²) in [5.41, 5.74) is 14.6. The van der Waals surface area contributed by atoms with Gasteiger partial charge in [-0.1, -0.05) is 153 Å². The van der Waals surface area contributed by atoms with Crippen LogP contribution in [0.3, 0.4) is 0 Å². The smallest absolute Gasteiger partial charge is 0.159 e. The van der Waals surface area contributed by atoms with E-state index >= 15 is 0 Å². The Bertz CT molecular complexity index is 3490. The summed E-state index contributed by atoms with van der Waals surface area (Å²) < 4.78 is 20.5. The van der Waals surface area contributed by atoms with Crippen LogP contribution in [0.15, 0.2) is 195 Å². The van der Waals surface area contributed by atoms with Crippen LogP contribution in [0.2, 0.25) is 0 Å². The van der Waals surface area contributed by atoms with Crippen molar-refractivity contribution in [2.75, 3.05) is 4.90 Å². The number of benzene rings is 7. The van der Waals surface area contributed by atoms with Gasteiger partial charge in [-0.25, -0.2) is 0 Å². The number of hydrogen-bond acceptors (Lipinski definition) is 4. The van der Waals surface area contributed by atoms with Crippen molar-refractivity contribution in [3.05, 3.63) is 192 Å². The average Bonchev–Trinajstić information content (AvgIpc) is 3.96. The largest absolute Gasteiger partial charge is 0.456 e. The van der Waals surface area contributed by atoms with Gasteiger partial charge in [-0.15, -0.1) is 0 Å². The molecule has 2 atom stereocenters. The number of rotatable bonds is 6. The Morgan fingerprint density at radius 3 is 2.02 bits per heavy atom.